The van der Waals surface area contributed by atoms with Gasteiger partial charge in [0.15, 0.2) is 5.65 Å². The van der Waals surface area contributed by atoms with Crippen molar-refractivity contribution in [3.63, 3.8) is 0 Å². The second kappa shape index (κ2) is 8.34. The summed E-state index contributed by atoms with van der Waals surface area (Å²) in [5.74, 6) is 1.02. The molecule has 4 rings (SSSR count). The third kappa shape index (κ3) is 4.13. The summed E-state index contributed by atoms with van der Waals surface area (Å²) in [5.41, 5.74) is 2.86. The van der Waals surface area contributed by atoms with Crippen molar-refractivity contribution >= 4 is 23.1 Å². The fraction of sp³-hybridized carbons (Fsp3) is 0.400. The van der Waals surface area contributed by atoms with Crippen molar-refractivity contribution < 1.29 is 0 Å². The van der Waals surface area contributed by atoms with Crippen LogP contribution in [0.25, 0.3) is 16.9 Å². The maximum atomic E-state index is 6.11. The fourth-order valence-corrected chi connectivity index (χ4v) is 3.19. The predicted octanol–water partition coefficient (Wildman–Crippen LogP) is 5.46. The van der Waals surface area contributed by atoms with E-state index in [9.17, 15) is 0 Å². The molecule has 3 aromatic rings. The van der Waals surface area contributed by atoms with Crippen LogP contribution in [0, 0.1) is 0 Å². The first-order chi connectivity index (χ1) is 12.2. The lowest BCUT2D eigenvalue weighted by atomic mass is 10.1. The Balaban J connectivity index is 0.000000569. The summed E-state index contributed by atoms with van der Waals surface area (Å²) in [6.45, 7) is 6.42. The molecular formula is C20H25ClN4. The van der Waals surface area contributed by atoms with Crippen LogP contribution in [0.4, 0.5) is 5.82 Å². The maximum Gasteiger partial charge on any atom is 0.154 e. The summed E-state index contributed by atoms with van der Waals surface area (Å²) in [7, 11) is 0. The molecule has 0 radical (unpaired) electrons. The Labute approximate surface area is 154 Å². The van der Waals surface area contributed by atoms with E-state index < -0.39 is 0 Å². The molecule has 0 amide bonds. The van der Waals surface area contributed by atoms with E-state index in [4.69, 9.17) is 16.7 Å². The van der Waals surface area contributed by atoms with Crippen molar-refractivity contribution in [1.29, 1.82) is 0 Å². The average Bonchev–Trinajstić information content (AvgIpc) is 3.06. The van der Waals surface area contributed by atoms with Crippen LogP contribution in [0.5, 0.6) is 0 Å². The number of piperidine rings is 1. The van der Waals surface area contributed by atoms with Gasteiger partial charge in [0.1, 0.15) is 5.82 Å². The Morgan fingerprint density at radius 2 is 1.80 bits per heavy atom. The van der Waals surface area contributed by atoms with Crippen molar-refractivity contribution in [2.24, 2.45) is 0 Å². The molecule has 132 valence electrons. The summed E-state index contributed by atoms with van der Waals surface area (Å²) in [6.07, 6.45) is 6.90. The first-order valence-electron chi connectivity index (χ1n) is 9.08. The van der Waals surface area contributed by atoms with E-state index in [1.54, 1.807) is 0 Å². The van der Waals surface area contributed by atoms with Gasteiger partial charge in [-0.2, -0.15) is 0 Å². The van der Waals surface area contributed by atoms with Crippen LogP contribution in [0.3, 0.4) is 0 Å². The molecule has 1 fully saturated rings. The van der Waals surface area contributed by atoms with E-state index in [0.717, 1.165) is 40.8 Å². The topological polar surface area (TPSA) is 33.4 Å². The third-order valence-corrected chi connectivity index (χ3v) is 4.38. The van der Waals surface area contributed by atoms with E-state index in [1.165, 1.54) is 25.7 Å². The Morgan fingerprint density at radius 3 is 2.52 bits per heavy atom. The molecule has 5 heteroatoms. The molecule has 1 aliphatic rings. The summed E-state index contributed by atoms with van der Waals surface area (Å²) >= 11 is 6.11. The van der Waals surface area contributed by atoms with Gasteiger partial charge in [-0.05, 0) is 43.5 Å². The van der Waals surface area contributed by atoms with Crippen LogP contribution in [0.1, 0.15) is 39.5 Å². The van der Waals surface area contributed by atoms with Crippen molar-refractivity contribution in [1.82, 2.24) is 14.6 Å². The number of rotatable bonds is 2. The fourth-order valence-electron chi connectivity index (χ4n) is 3.00. The van der Waals surface area contributed by atoms with Gasteiger partial charge in [-0.25, -0.2) is 9.50 Å². The van der Waals surface area contributed by atoms with Crippen LogP contribution < -0.4 is 4.90 Å². The molecule has 0 aliphatic carbocycles. The lowest BCUT2D eigenvalue weighted by Crippen LogP contribution is -2.30. The molecule has 0 unspecified atom stereocenters. The zero-order valence-electron chi connectivity index (χ0n) is 15.0. The van der Waals surface area contributed by atoms with Crippen LogP contribution in [0.15, 0.2) is 42.6 Å². The normalized spacial score (nSPS) is 14.3. The number of aromatic nitrogens is 3. The molecule has 3 heterocycles. The first kappa shape index (κ1) is 17.7. The molecule has 25 heavy (non-hydrogen) atoms. The van der Waals surface area contributed by atoms with E-state index in [2.05, 4.69) is 29.8 Å². The van der Waals surface area contributed by atoms with Crippen molar-refractivity contribution in [2.75, 3.05) is 18.0 Å². The van der Waals surface area contributed by atoms with Gasteiger partial charge in [0, 0.05) is 23.7 Å². The number of imidazole rings is 1. The first-order valence-corrected chi connectivity index (χ1v) is 9.46. The molecule has 1 saturated heterocycles. The Hall–Kier alpha value is -2.07. The highest BCUT2D eigenvalue weighted by Crippen LogP contribution is 2.25. The lowest BCUT2D eigenvalue weighted by Gasteiger charge is -2.27. The molecule has 0 spiro atoms. The van der Waals surface area contributed by atoms with Gasteiger partial charge in [-0.15, -0.1) is 5.10 Å². The van der Waals surface area contributed by atoms with Gasteiger partial charge >= 0.3 is 0 Å². The zero-order chi connectivity index (χ0) is 17.6. The number of halogens is 1. The van der Waals surface area contributed by atoms with Crippen molar-refractivity contribution in [2.45, 2.75) is 39.5 Å². The van der Waals surface area contributed by atoms with Gasteiger partial charge in [0.25, 0.3) is 0 Å². The average molecular weight is 357 g/mol. The summed E-state index contributed by atoms with van der Waals surface area (Å²) in [5, 5.41) is 5.52. The standard InChI is InChI=1S/C17H17ClN4.C3H8/c18-14-6-4-5-13(11-14)15-12-19-16-7-8-17(20-22(15)16)21-9-2-1-3-10-21;1-3-2/h4-8,11-12H,1-3,9-10H2;3H2,1-2H3. The number of hydrogen-bond acceptors (Lipinski definition) is 3. The Kier molecular flexibility index (Phi) is 5.92. The number of hydrogen-bond donors (Lipinski definition) is 0. The van der Waals surface area contributed by atoms with Crippen LogP contribution in [-0.4, -0.2) is 27.7 Å². The third-order valence-electron chi connectivity index (χ3n) is 4.15. The molecule has 0 saturated carbocycles. The van der Waals surface area contributed by atoms with E-state index in [-0.39, 0.29) is 0 Å². The second-order valence-electron chi connectivity index (χ2n) is 6.37. The number of anilines is 1. The quantitative estimate of drug-likeness (QED) is 0.611. The van der Waals surface area contributed by atoms with E-state index in [1.807, 2.05) is 41.0 Å². The van der Waals surface area contributed by atoms with Gasteiger partial charge in [-0.3, -0.25) is 0 Å². The smallest absolute Gasteiger partial charge is 0.154 e. The Morgan fingerprint density at radius 1 is 1.04 bits per heavy atom. The highest BCUT2D eigenvalue weighted by molar-refractivity contribution is 6.30. The van der Waals surface area contributed by atoms with Crippen molar-refractivity contribution in [3.8, 4) is 11.3 Å². The van der Waals surface area contributed by atoms with Gasteiger partial charge in [0.2, 0.25) is 0 Å². The summed E-state index contributed by atoms with van der Waals surface area (Å²) in [6, 6.07) is 11.9. The Bertz CT molecular complexity index is 821. The molecule has 0 N–H and O–H groups in total. The summed E-state index contributed by atoms with van der Waals surface area (Å²) in [4.78, 5) is 6.80. The number of nitrogens with zero attached hydrogens (tertiary/aromatic N) is 4. The van der Waals surface area contributed by atoms with Crippen LogP contribution >= 0.6 is 11.6 Å². The highest BCUT2D eigenvalue weighted by atomic mass is 35.5. The largest absolute Gasteiger partial charge is 0.355 e. The van der Waals surface area contributed by atoms with Crippen LogP contribution in [0.2, 0.25) is 5.02 Å². The predicted molar refractivity (Wildman–Crippen MR) is 105 cm³/mol. The molecule has 0 atom stereocenters. The molecule has 0 bridgehead atoms. The molecular weight excluding hydrogens is 332 g/mol. The summed E-state index contributed by atoms with van der Waals surface area (Å²) < 4.78 is 1.91. The minimum Gasteiger partial charge on any atom is -0.355 e. The maximum absolute atomic E-state index is 6.11. The molecule has 1 aliphatic heterocycles. The molecule has 4 nitrogen and oxygen atoms in total. The number of benzene rings is 1. The lowest BCUT2D eigenvalue weighted by molar-refractivity contribution is 0.570. The van der Waals surface area contributed by atoms with Gasteiger partial charge in [-0.1, -0.05) is 44.0 Å². The highest BCUT2D eigenvalue weighted by Gasteiger charge is 2.14. The second-order valence-corrected chi connectivity index (χ2v) is 6.81. The van der Waals surface area contributed by atoms with E-state index >= 15 is 0 Å². The monoisotopic (exact) mass is 356 g/mol. The SMILES string of the molecule is CCC.Clc1cccc(-c2cnc3ccc(N4CCCCC4)nn23)c1. The van der Waals surface area contributed by atoms with Crippen LogP contribution in [-0.2, 0) is 0 Å². The van der Waals surface area contributed by atoms with Gasteiger partial charge in [0.05, 0.1) is 11.9 Å². The molecule has 2 aromatic heterocycles. The zero-order valence-corrected chi connectivity index (χ0v) is 15.7. The molecule has 1 aromatic carbocycles. The van der Waals surface area contributed by atoms with Crippen molar-refractivity contribution in [3.05, 3.63) is 47.6 Å². The van der Waals surface area contributed by atoms with E-state index in [0.29, 0.717) is 0 Å². The van der Waals surface area contributed by atoms with Gasteiger partial charge < -0.3 is 4.90 Å². The minimum atomic E-state index is 0.722. The minimum absolute atomic E-state index is 0.722. The number of fused-ring (bicyclic) bond motifs is 1.